The van der Waals surface area contributed by atoms with Crippen LogP contribution >= 0.6 is 23.4 Å². The lowest BCUT2D eigenvalue weighted by Gasteiger charge is -2.15. The molecule has 1 amide bonds. The summed E-state index contributed by atoms with van der Waals surface area (Å²) in [6, 6.07) is 5.19. The van der Waals surface area contributed by atoms with Crippen molar-refractivity contribution < 1.29 is 13.2 Å². The van der Waals surface area contributed by atoms with Crippen LogP contribution in [0.2, 0.25) is 5.02 Å². The molecule has 1 aliphatic rings. The van der Waals surface area contributed by atoms with Crippen LogP contribution in [0.5, 0.6) is 0 Å². The third-order valence-corrected chi connectivity index (χ3v) is 7.18. The molecule has 1 aliphatic heterocycles. The minimum Gasteiger partial charge on any atom is -0.351 e. The largest absolute Gasteiger partial charge is 0.351 e. The van der Waals surface area contributed by atoms with Crippen LogP contribution in [0.3, 0.4) is 0 Å². The number of nitrogens with one attached hydrogen (secondary N) is 1. The Labute approximate surface area is 149 Å². The summed E-state index contributed by atoms with van der Waals surface area (Å²) in [4.78, 5) is 16.8. The molecule has 1 saturated heterocycles. The van der Waals surface area contributed by atoms with Crippen molar-refractivity contribution in [2.45, 2.75) is 29.8 Å². The fourth-order valence-electron chi connectivity index (χ4n) is 2.70. The SMILES string of the molecule is C[C@@H](Sc1nc2cc(Cl)ccc2n1C)C(=O)N[C@@H]1CCS(=O)(=O)C1. The van der Waals surface area contributed by atoms with Gasteiger partial charge < -0.3 is 9.88 Å². The quantitative estimate of drug-likeness (QED) is 0.811. The number of imidazole rings is 1. The number of fused-ring (bicyclic) bond motifs is 1. The Morgan fingerprint density at radius 2 is 2.25 bits per heavy atom. The summed E-state index contributed by atoms with van der Waals surface area (Å²) in [5.41, 5.74) is 1.72. The van der Waals surface area contributed by atoms with Crippen LogP contribution < -0.4 is 5.32 Å². The number of amides is 1. The number of nitrogens with zero attached hydrogens (tertiary/aromatic N) is 2. The molecule has 0 bridgehead atoms. The van der Waals surface area contributed by atoms with Crippen molar-refractivity contribution in [3.8, 4) is 0 Å². The third-order valence-electron chi connectivity index (χ3n) is 4.03. The molecule has 2 atom stereocenters. The summed E-state index contributed by atoms with van der Waals surface area (Å²) in [5.74, 6) is -0.00138. The van der Waals surface area contributed by atoms with E-state index in [1.165, 1.54) is 11.8 Å². The normalized spacial score (nSPS) is 21.0. The lowest BCUT2D eigenvalue weighted by Crippen LogP contribution is -2.40. The zero-order chi connectivity index (χ0) is 17.5. The first kappa shape index (κ1) is 17.6. The fourth-order valence-corrected chi connectivity index (χ4v) is 5.43. The first-order valence-electron chi connectivity index (χ1n) is 7.54. The number of hydrogen-bond acceptors (Lipinski definition) is 5. The smallest absolute Gasteiger partial charge is 0.233 e. The minimum atomic E-state index is -3.00. The zero-order valence-corrected chi connectivity index (χ0v) is 15.7. The van der Waals surface area contributed by atoms with Crippen molar-refractivity contribution in [3.63, 3.8) is 0 Å². The van der Waals surface area contributed by atoms with Crippen LogP contribution in [0.4, 0.5) is 0 Å². The van der Waals surface area contributed by atoms with Gasteiger partial charge in [0.25, 0.3) is 0 Å². The van der Waals surface area contributed by atoms with Crippen LogP contribution in [0.25, 0.3) is 11.0 Å². The molecule has 130 valence electrons. The molecule has 3 rings (SSSR count). The Bertz CT molecular complexity index is 895. The number of rotatable bonds is 4. The van der Waals surface area contributed by atoms with Gasteiger partial charge in [0, 0.05) is 18.1 Å². The molecular formula is C15H18ClN3O3S2. The van der Waals surface area contributed by atoms with E-state index in [-0.39, 0.29) is 28.7 Å². The number of thioether (sulfide) groups is 1. The second kappa shape index (κ2) is 6.57. The Hall–Kier alpha value is -1.25. The van der Waals surface area contributed by atoms with Crippen LogP contribution in [-0.4, -0.2) is 46.7 Å². The number of benzene rings is 1. The monoisotopic (exact) mass is 387 g/mol. The van der Waals surface area contributed by atoms with E-state index in [2.05, 4.69) is 10.3 Å². The average molecular weight is 388 g/mol. The summed E-state index contributed by atoms with van der Waals surface area (Å²) >= 11 is 7.33. The van der Waals surface area contributed by atoms with Crippen LogP contribution in [0, 0.1) is 0 Å². The standard InChI is InChI=1S/C15H18ClN3O3S2/c1-9(14(20)17-11-5-6-24(21,22)8-11)23-15-18-12-7-10(16)3-4-13(12)19(15)2/h3-4,7,9,11H,5-6,8H2,1-2H3,(H,17,20)/t9-,11-/m1/s1. The molecule has 0 unspecified atom stereocenters. The van der Waals surface area contributed by atoms with Gasteiger partial charge in [-0.05, 0) is 31.5 Å². The predicted molar refractivity (Wildman–Crippen MR) is 96.2 cm³/mol. The van der Waals surface area contributed by atoms with Gasteiger partial charge in [0.2, 0.25) is 5.91 Å². The summed E-state index contributed by atoms with van der Waals surface area (Å²) in [7, 11) is -1.12. The average Bonchev–Trinajstić information content (AvgIpc) is 2.99. The van der Waals surface area contributed by atoms with E-state index in [1.54, 1.807) is 19.1 Å². The number of carbonyl (C=O) groups is 1. The van der Waals surface area contributed by atoms with Crippen molar-refractivity contribution in [2.75, 3.05) is 11.5 Å². The highest BCUT2D eigenvalue weighted by Gasteiger charge is 2.30. The van der Waals surface area contributed by atoms with Crippen molar-refractivity contribution in [3.05, 3.63) is 23.2 Å². The van der Waals surface area contributed by atoms with Gasteiger partial charge in [-0.15, -0.1) is 0 Å². The van der Waals surface area contributed by atoms with Crippen LogP contribution in [0.15, 0.2) is 23.4 Å². The second-order valence-electron chi connectivity index (χ2n) is 5.96. The van der Waals surface area contributed by atoms with Crippen molar-refractivity contribution in [1.29, 1.82) is 0 Å². The van der Waals surface area contributed by atoms with E-state index >= 15 is 0 Å². The molecule has 1 aromatic carbocycles. The van der Waals surface area contributed by atoms with Gasteiger partial charge in [-0.25, -0.2) is 13.4 Å². The maximum absolute atomic E-state index is 12.3. The van der Waals surface area contributed by atoms with E-state index in [4.69, 9.17) is 11.6 Å². The van der Waals surface area contributed by atoms with Crippen molar-refractivity contribution in [2.24, 2.45) is 7.05 Å². The maximum atomic E-state index is 12.3. The highest BCUT2D eigenvalue weighted by atomic mass is 35.5. The molecule has 2 aromatic rings. The zero-order valence-electron chi connectivity index (χ0n) is 13.3. The Morgan fingerprint density at radius 1 is 1.50 bits per heavy atom. The van der Waals surface area contributed by atoms with E-state index in [9.17, 15) is 13.2 Å². The molecule has 9 heteroatoms. The van der Waals surface area contributed by atoms with Gasteiger partial charge in [0.15, 0.2) is 15.0 Å². The maximum Gasteiger partial charge on any atom is 0.233 e. The van der Waals surface area contributed by atoms with Gasteiger partial charge >= 0.3 is 0 Å². The molecule has 24 heavy (non-hydrogen) atoms. The van der Waals surface area contributed by atoms with E-state index in [0.29, 0.717) is 16.6 Å². The highest BCUT2D eigenvalue weighted by molar-refractivity contribution is 8.00. The summed E-state index contributed by atoms with van der Waals surface area (Å²) in [5, 5.41) is 3.78. The van der Waals surface area contributed by atoms with Gasteiger partial charge in [0.1, 0.15) is 0 Å². The molecule has 6 nitrogen and oxygen atoms in total. The first-order chi connectivity index (χ1) is 11.2. The number of aromatic nitrogens is 2. The minimum absolute atomic E-state index is 0.0287. The molecule has 1 fully saturated rings. The first-order valence-corrected chi connectivity index (χ1v) is 10.6. The molecule has 0 saturated carbocycles. The van der Waals surface area contributed by atoms with Crippen LogP contribution in [0.1, 0.15) is 13.3 Å². The van der Waals surface area contributed by atoms with E-state index in [0.717, 1.165) is 11.0 Å². The number of hydrogen-bond donors (Lipinski definition) is 1. The molecule has 0 radical (unpaired) electrons. The summed E-state index contributed by atoms with van der Waals surface area (Å²) in [6.07, 6.45) is 0.482. The number of aryl methyl sites for hydroxylation is 1. The molecule has 2 heterocycles. The number of carbonyl (C=O) groups excluding carboxylic acids is 1. The summed E-state index contributed by atoms with van der Waals surface area (Å²) < 4.78 is 24.9. The highest BCUT2D eigenvalue weighted by Crippen LogP contribution is 2.28. The molecule has 0 aliphatic carbocycles. The molecular weight excluding hydrogens is 370 g/mol. The Morgan fingerprint density at radius 3 is 2.92 bits per heavy atom. The van der Waals surface area contributed by atoms with Crippen molar-refractivity contribution in [1.82, 2.24) is 14.9 Å². The van der Waals surface area contributed by atoms with Gasteiger partial charge in [-0.1, -0.05) is 23.4 Å². The Balaban J connectivity index is 1.69. The number of sulfone groups is 1. The van der Waals surface area contributed by atoms with Gasteiger partial charge in [-0.3, -0.25) is 4.79 Å². The van der Waals surface area contributed by atoms with Gasteiger partial charge in [-0.2, -0.15) is 0 Å². The third kappa shape index (κ3) is 3.70. The van der Waals surface area contributed by atoms with Crippen molar-refractivity contribution >= 4 is 50.1 Å². The molecule has 0 spiro atoms. The molecule has 1 N–H and O–H groups in total. The van der Waals surface area contributed by atoms with E-state index in [1.807, 2.05) is 17.7 Å². The van der Waals surface area contributed by atoms with Crippen LogP contribution in [-0.2, 0) is 21.7 Å². The van der Waals surface area contributed by atoms with E-state index < -0.39 is 9.84 Å². The number of halogens is 1. The predicted octanol–water partition coefficient (Wildman–Crippen LogP) is 2.01. The topological polar surface area (TPSA) is 81.1 Å². The van der Waals surface area contributed by atoms with Gasteiger partial charge in [0.05, 0.1) is 27.8 Å². The second-order valence-corrected chi connectivity index (χ2v) is 9.93. The Kier molecular flexibility index (Phi) is 4.81. The fraction of sp³-hybridized carbons (Fsp3) is 0.467. The summed E-state index contributed by atoms with van der Waals surface area (Å²) in [6.45, 7) is 1.79. The lowest BCUT2D eigenvalue weighted by atomic mass is 10.2. The molecule has 1 aromatic heterocycles. The lowest BCUT2D eigenvalue weighted by molar-refractivity contribution is -0.120.